The molecule has 126 valence electrons. The van der Waals surface area contributed by atoms with Gasteiger partial charge >= 0.3 is 0 Å². The molecule has 1 fully saturated rings. The summed E-state index contributed by atoms with van der Waals surface area (Å²) in [5.74, 6) is 0.00672. The molecule has 5 heteroatoms. The number of rotatable bonds is 4. The van der Waals surface area contributed by atoms with E-state index in [1.54, 1.807) is 0 Å². The van der Waals surface area contributed by atoms with Crippen LogP contribution in [0.4, 0.5) is 0 Å². The second-order valence-electron chi connectivity index (χ2n) is 6.27. The van der Waals surface area contributed by atoms with Gasteiger partial charge in [-0.2, -0.15) is 0 Å². The predicted octanol–water partition coefficient (Wildman–Crippen LogP) is 2.45. The number of Topliss-reactive ketones (excluding diaryl/α,β-unsaturated/α-hetero) is 1. The summed E-state index contributed by atoms with van der Waals surface area (Å²) < 4.78 is 0. The van der Waals surface area contributed by atoms with Crippen LogP contribution in [0.5, 0.6) is 0 Å². The highest BCUT2D eigenvalue weighted by molar-refractivity contribution is 6.14. The standard InChI is InChI=1S/C20H19N3O2/c24-17(12-23-11-10-21-18(25)13-23)19-15-8-4-5-9-16(15)22-20(19)14-6-2-1-3-7-14/h1-9,22H,10-13H2,(H,21,25). The average Bonchev–Trinajstić information content (AvgIpc) is 3.02. The minimum atomic E-state index is -0.0266. The van der Waals surface area contributed by atoms with Crippen LogP contribution < -0.4 is 5.32 Å². The second-order valence-corrected chi connectivity index (χ2v) is 6.27. The number of nitrogens with one attached hydrogen (secondary N) is 2. The van der Waals surface area contributed by atoms with Crippen molar-refractivity contribution in [1.82, 2.24) is 15.2 Å². The molecule has 4 rings (SSSR count). The Morgan fingerprint density at radius 2 is 1.80 bits per heavy atom. The maximum absolute atomic E-state index is 13.1. The maximum Gasteiger partial charge on any atom is 0.234 e. The molecule has 5 nitrogen and oxygen atoms in total. The smallest absolute Gasteiger partial charge is 0.234 e. The van der Waals surface area contributed by atoms with E-state index in [0.29, 0.717) is 18.7 Å². The largest absolute Gasteiger partial charge is 0.354 e. The van der Waals surface area contributed by atoms with Gasteiger partial charge in [0, 0.05) is 24.0 Å². The molecule has 0 saturated carbocycles. The Labute approximate surface area is 145 Å². The normalized spacial score (nSPS) is 15.3. The van der Waals surface area contributed by atoms with Gasteiger partial charge in [-0.3, -0.25) is 14.5 Å². The first-order valence-corrected chi connectivity index (χ1v) is 8.41. The molecule has 2 aromatic carbocycles. The molecule has 1 aliphatic heterocycles. The van der Waals surface area contributed by atoms with Gasteiger partial charge in [-0.15, -0.1) is 0 Å². The van der Waals surface area contributed by atoms with Crippen molar-refractivity contribution in [2.45, 2.75) is 0 Å². The van der Waals surface area contributed by atoms with Crippen molar-refractivity contribution in [3.8, 4) is 11.3 Å². The molecule has 1 aliphatic rings. The summed E-state index contributed by atoms with van der Waals surface area (Å²) in [6, 6.07) is 17.7. The molecule has 0 radical (unpaired) electrons. The van der Waals surface area contributed by atoms with E-state index in [4.69, 9.17) is 0 Å². The van der Waals surface area contributed by atoms with Gasteiger partial charge in [-0.25, -0.2) is 0 Å². The molecule has 1 amide bonds. The Balaban J connectivity index is 1.74. The van der Waals surface area contributed by atoms with Gasteiger partial charge in [0.2, 0.25) is 5.91 Å². The minimum absolute atomic E-state index is 0.0266. The van der Waals surface area contributed by atoms with Crippen molar-refractivity contribution in [2.75, 3.05) is 26.2 Å². The zero-order valence-electron chi connectivity index (χ0n) is 13.8. The third-order valence-electron chi connectivity index (χ3n) is 4.53. The third-order valence-corrected chi connectivity index (χ3v) is 4.53. The Hall–Kier alpha value is -2.92. The summed E-state index contributed by atoms with van der Waals surface area (Å²) in [5, 5.41) is 3.71. The molecule has 25 heavy (non-hydrogen) atoms. The van der Waals surface area contributed by atoms with Gasteiger partial charge in [0.15, 0.2) is 5.78 Å². The molecule has 2 N–H and O–H groups in total. The summed E-state index contributed by atoms with van der Waals surface area (Å²) in [6.07, 6.45) is 0. The number of amides is 1. The maximum atomic E-state index is 13.1. The quantitative estimate of drug-likeness (QED) is 0.721. The van der Waals surface area contributed by atoms with Gasteiger partial charge in [0.25, 0.3) is 0 Å². The van der Waals surface area contributed by atoms with Gasteiger partial charge in [0.05, 0.1) is 24.3 Å². The SMILES string of the molecule is O=C1CN(CC(=O)c2c(-c3ccccc3)[nH]c3ccccc23)CCN1. The summed E-state index contributed by atoms with van der Waals surface area (Å²) in [7, 11) is 0. The van der Waals surface area contributed by atoms with E-state index in [1.165, 1.54) is 0 Å². The Morgan fingerprint density at radius 3 is 2.60 bits per heavy atom. The van der Waals surface area contributed by atoms with Crippen LogP contribution in [0.2, 0.25) is 0 Å². The van der Waals surface area contributed by atoms with E-state index in [0.717, 1.165) is 22.2 Å². The number of carbonyl (C=O) groups is 2. The fraction of sp³-hybridized carbons (Fsp3) is 0.200. The van der Waals surface area contributed by atoms with Gasteiger partial charge in [-0.05, 0) is 11.6 Å². The van der Waals surface area contributed by atoms with E-state index in [-0.39, 0.29) is 24.8 Å². The number of hydrogen-bond donors (Lipinski definition) is 2. The number of H-pyrrole nitrogens is 1. The molecule has 0 atom stereocenters. The number of aromatic nitrogens is 1. The number of piperazine rings is 1. The summed E-state index contributed by atoms with van der Waals surface area (Å²) >= 11 is 0. The van der Waals surface area contributed by atoms with Crippen LogP contribution in [0.15, 0.2) is 54.6 Å². The number of carbonyl (C=O) groups excluding carboxylic acids is 2. The van der Waals surface area contributed by atoms with Crippen LogP contribution in [0, 0.1) is 0 Å². The highest BCUT2D eigenvalue weighted by Gasteiger charge is 2.24. The number of nitrogens with zero attached hydrogens (tertiary/aromatic N) is 1. The van der Waals surface area contributed by atoms with Crippen LogP contribution >= 0.6 is 0 Å². The lowest BCUT2D eigenvalue weighted by molar-refractivity contribution is -0.123. The molecule has 0 unspecified atom stereocenters. The fourth-order valence-electron chi connectivity index (χ4n) is 3.36. The van der Waals surface area contributed by atoms with Crippen molar-refractivity contribution in [2.24, 2.45) is 0 Å². The molecule has 0 aliphatic carbocycles. The van der Waals surface area contributed by atoms with Crippen molar-refractivity contribution < 1.29 is 9.59 Å². The number of benzene rings is 2. The first kappa shape index (κ1) is 15.6. The van der Waals surface area contributed by atoms with E-state index < -0.39 is 0 Å². The third kappa shape index (κ3) is 3.06. The van der Waals surface area contributed by atoms with Crippen molar-refractivity contribution in [3.05, 3.63) is 60.2 Å². The molecular weight excluding hydrogens is 314 g/mol. The molecule has 3 aromatic rings. The lowest BCUT2D eigenvalue weighted by atomic mass is 10.0. The van der Waals surface area contributed by atoms with E-state index in [2.05, 4.69) is 10.3 Å². The monoisotopic (exact) mass is 333 g/mol. The Bertz CT molecular complexity index is 931. The number of fused-ring (bicyclic) bond motifs is 1. The molecule has 1 saturated heterocycles. The van der Waals surface area contributed by atoms with Gasteiger partial charge < -0.3 is 10.3 Å². The Kier molecular flexibility index (Phi) is 4.07. The zero-order chi connectivity index (χ0) is 17.2. The first-order valence-electron chi connectivity index (χ1n) is 8.41. The van der Waals surface area contributed by atoms with Crippen molar-refractivity contribution in [1.29, 1.82) is 0 Å². The number of aromatic amines is 1. The number of ketones is 1. The van der Waals surface area contributed by atoms with Crippen LogP contribution in [-0.4, -0.2) is 47.8 Å². The van der Waals surface area contributed by atoms with Crippen LogP contribution in [-0.2, 0) is 4.79 Å². The number of para-hydroxylation sites is 1. The summed E-state index contributed by atoms with van der Waals surface area (Å²) in [4.78, 5) is 30.0. The number of hydrogen-bond acceptors (Lipinski definition) is 3. The second kappa shape index (κ2) is 6.53. The molecule has 0 spiro atoms. The highest BCUT2D eigenvalue weighted by atomic mass is 16.2. The van der Waals surface area contributed by atoms with E-state index >= 15 is 0 Å². The Morgan fingerprint density at radius 1 is 1.04 bits per heavy atom. The molecule has 1 aromatic heterocycles. The van der Waals surface area contributed by atoms with Gasteiger partial charge in [-0.1, -0.05) is 48.5 Å². The molecule has 0 bridgehead atoms. The van der Waals surface area contributed by atoms with E-state index in [1.807, 2.05) is 59.5 Å². The molecular formula is C20H19N3O2. The lowest BCUT2D eigenvalue weighted by Gasteiger charge is -2.25. The topological polar surface area (TPSA) is 65.2 Å². The summed E-state index contributed by atoms with van der Waals surface area (Å²) in [5.41, 5.74) is 3.47. The fourth-order valence-corrected chi connectivity index (χ4v) is 3.36. The summed E-state index contributed by atoms with van der Waals surface area (Å²) in [6.45, 7) is 1.80. The average molecular weight is 333 g/mol. The van der Waals surface area contributed by atoms with E-state index in [9.17, 15) is 9.59 Å². The highest BCUT2D eigenvalue weighted by Crippen LogP contribution is 2.30. The van der Waals surface area contributed by atoms with Crippen LogP contribution in [0.25, 0.3) is 22.2 Å². The predicted molar refractivity (Wildman–Crippen MR) is 97.5 cm³/mol. The first-order chi connectivity index (χ1) is 12.2. The molecule has 2 heterocycles. The van der Waals surface area contributed by atoms with Crippen LogP contribution in [0.1, 0.15) is 10.4 Å². The minimum Gasteiger partial charge on any atom is -0.354 e. The lowest BCUT2D eigenvalue weighted by Crippen LogP contribution is -2.49. The van der Waals surface area contributed by atoms with Crippen molar-refractivity contribution >= 4 is 22.6 Å². The van der Waals surface area contributed by atoms with Crippen LogP contribution in [0.3, 0.4) is 0 Å². The zero-order valence-corrected chi connectivity index (χ0v) is 13.8. The van der Waals surface area contributed by atoms with Crippen molar-refractivity contribution in [3.63, 3.8) is 0 Å². The van der Waals surface area contributed by atoms with Gasteiger partial charge in [0.1, 0.15) is 0 Å².